The summed E-state index contributed by atoms with van der Waals surface area (Å²) in [4.78, 5) is 0. The maximum Gasteiger partial charge on any atom is 0.0921 e. The maximum absolute atomic E-state index is 5.93. The van der Waals surface area contributed by atoms with E-state index in [4.69, 9.17) is 21.1 Å². The monoisotopic (exact) mass is 318 g/mol. The number of benzene rings is 1. The number of halogens is 2. The van der Waals surface area contributed by atoms with Crippen LogP contribution in [0.2, 0.25) is 5.02 Å². The van der Waals surface area contributed by atoms with Crippen LogP contribution in [0.5, 0.6) is 0 Å². The van der Waals surface area contributed by atoms with E-state index in [0.717, 1.165) is 42.2 Å². The fourth-order valence-electron chi connectivity index (χ4n) is 1.87. The van der Waals surface area contributed by atoms with Gasteiger partial charge in [0, 0.05) is 22.9 Å². The van der Waals surface area contributed by atoms with Gasteiger partial charge in [-0.15, -0.1) is 0 Å². The molecule has 2 nitrogen and oxygen atoms in total. The van der Waals surface area contributed by atoms with Gasteiger partial charge in [-0.25, -0.2) is 0 Å². The molecule has 0 amide bonds. The van der Waals surface area contributed by atoms with Crippen molar-refractivity contribution in [3.63, 3.8) is 0 Å². The van der Waals surface area contributed by atoms with E-state index < -0.39 is 0 Å². The number of rotatable bonds is 5. The zero-order valence-electron chi connectivity index (χ0n) is 9.57. The van der Waals surface area contributed by atoms with E-state index in [0.29, 0.717) is 5.92 Å². The molecule has 1 aromatic rings. The zero-order valence-corrected chi connectivity index (χ0v) is 11.9. The van der Waals surface area contributed by atoms with Crippen molar-refractivity contribution < 1.29 is 9.47 Å². The first kappa shape index (κ1) is 13.3. The Balaban J connectivity index is 1.89. The van der Waals surface area contributed by atoms with Crippen LogP contribution in [0.15, 0.2) is 24.3 Å². The minimum atomic E-state index is 0.0906. The summed E-state index contributed by atoms with van der Waals surface area (Å²) < 4.78 is 11.3. The lowest BCUT2D eigenvalue weighted by molar-refractivity contribution is 0.0393. The predicted octanol–water partition coefficient (Wildman–Crippen LogP) is 3.83. The van der Waals surface area contributed by atoms with Gasteiger partial charge in [-0.2, -0.15) is 0 Å². The summed E-state index contributed by atoms with van der Waals surface area (Å²) in [6.45, 7) is 2.46. The molecule has 1 aliphatic heterocycles. The van der Waals surface area contributed by atoms with Gasteiger partial charge in [0.05, 0.1) is 19.3 Å². The highest BCUT2D eigenvalue weighted by atomic mass is 79.9. The topological polar surface area (TPSA) is 18.5 Å². The molecule has 17 heavy (non-hydrogen) atoms. The molecule has 0 N–H and O–H groups in total. The SMILES string of the molecule is Clc1ccc(C(CBr)OCC2CCOC2)cc1. The van der Waals surface area contributed by atoms with Crippen molar-refractivity contribution in [1.82, 2.24) is 0 Å². The fourth-order valence-corrected chi connectivity index (χ4v) is 2.56. The molecule has 0 aromatic heterocycles. The van der Waals surface area contributed by atoms with Gasteiger partial charge in [-0.3, -0.25) is 0 Å². The van der Waals surface area contributed by atoms with Gasteiger partial charge in [-0.1, -0.05) is 39.7 Å². The number of hydrogen-bond acceptors (Lipinski definition) is 2. The average Bonchev–Trinajstić information content (AvgIpc) is 2.85. The Morgan fingerprint density at radius 2 is 2.18 bits per heavy atom. The van der Waals surface area contributed by atoms with E-state index in [2.05, 4.69) is 15.9 Å². The van der Waals surface area contributed by atoms with Crippen LogP contribution >= 0.6 is 27.5 Å². The van der Waals surface area contributed by atoms with Crippen LogP contribution in [0.4, 0.5) is 0 Å². The van der Waals surface area contributed by atoms with E-state index in [1.165, 1.54) is 0 Å². The zero-order chi connectivity index (χ0) is 12.1. The molecule has 1 saturated heterocycles. The Hall–Kier alpha value is -0.0900. The Morgan fingerprint density at radius 3 is 2.76 bits per heavy atom. The Bertz CT molecular complexity index is 336. The smallest absolute Gasteiger partial charge is 0.0921 e. The van der Waals surface area contributed by atoms with Crippen molar-refractivity contribution in [2.75, 3.05) is 25.2 Å². The van der Waals surface area contributed by atoms with Crippen molar-refractivity contribution in [2.24, 2.45) is 5.92 Å². The first-order chi connectivity index (χ1) is 8.29. The second-order valence-electron chi connectivity index (χ2n) is 4.26. The van der Waals surface area contributed by atoms with E-state index in [1.807, 2.05) is 24.3 Å². The molecule has 1 aromatic carbocycles. The average molecular weight is 320 g/mol. The minimum Gasteiger partial charge on any atom is -0.381 e. The lowest BCUT2D eigenvalue weighted by atomic mass is 10.1. The minimum absolute atomic E-state index is 0.0906. The molecule has 2 rings (SSSR count). The highest BCUT2D eigenvalue weighted by Gasteiger charge is 2.18. The molecule has 1 heterocycles. The fraction of sp³-hybridized carbons (Fsp3) is 0.538. The first-order valence-corrected chi connectivity index (χ1v) is 7.30. The van der Waals surface area contributed by atoms with E-state index >= 15 is 0 Å². The molecule has 0 radical (unpaired) electrons. The van der Waals surface area contributed by atoms with Crippen LogP contribution in [0.1, 0.15) is 18.1 Å². The van der Waals surface area contributed by atoms with Crippen molar-refractivity contribution in [3.8, 4) is 0 Å². The van der Waals surface area contributed by atoms with Crippen molar-refractivity contribution in [1.29, 1.82) is 0 Å². The van der Waals surface area contributed by atoms with Gasteiger partial charge in [0.2, 0.25) is 0 Å². The number of hydrogen-bond donors (Lipinski definition) is 0. The highest BCUT2D eigenvalue weighted by Crippen LogP contribution is 2.24. The quantitative estimate of drug-likeness (QED) is 0.768. The van der Waals surface area contributed by atoms with Crippen LogP contribution < -0.4 is 0 Å². The van der Waals surface area contributed by atoms with Crippen molar-refractivity contribution in [3.05, 3.63) is 34.9 Å². The lowest BCUT2D eigenvalue weighted by Crippen LogP contribution is -2.14. The Labute approximate surface area is 115 Å². The summed E-state index contributed by atoms with van der Waals surface area (Å²) >= 11 is 9.36. The molecule has 0 saturated carbocycles. The summed E-state index contributed by atoms with van der Waals surface area (Å²) in [6, 6.07) is 7.82. The molecule has 2 unspecified atom stereocenters. The third-order valence-corrected chi connectivity index (χ3v) is 3.78. The molecular formula is C13H16BrClO2. The first-order valence-electron chi connectivity index (χ1n) is 5.80. The van der Waals surface area contributed by atoms with Gasteiger partial charge in [0.15, 0.2) is 0 Å². The highest BCUT2D eigenvalue weighted by molar-refractivity contribution is 9.09. The number of alkyl halides is 1. The largest absolute Gasteiger partial charge is 0.381 e. The Kier molecular flexibility index (Phi) is 5.29. The van der Waals surface area contributed by atoms with Crippen LogP contribution in [-0.4, -0.2) is 25.2 Å². The molecule has 1 aliphatic rings. The van der Waals surface area contributed by atoms with Crippen molar-refractivity contribution >= 4 is 27.5 Å². The molecule has 0 spiro atoms. The second-order valence-corrected chi connectivity index (χ2v) is 5.34. The third-order valence-electron chi connectivity index (χ3n) is 2.94. The standard InChI is InChI=1S/C13H16BrClO2/c14-7-13(11-1-3-12(15)4-2-11)17-9-10-5-6-16-8-10/h1-4,10,13H,5-9H2. The van der Waals surface area contributed by atoms with E-state index in [1.54, 1.807) is 0 Å². The van der Waals surface area contributed by atoms with Gasteiger partial charge in [0.1, 0.15) is 0 Å². The van der Waals surface area contributed by atoms with Crippen LogP contribution in [0, 0.1) is 5.92 Å². The summed E-state index contributed by atoms with van der Waals surface area (Å²) in [5.74, 6) is 0.545. The normalized spacial score (nSPS) is 21.6. The molecule has 94 valence electrons. The van der Waals surface area contributed by atoms with Crippen LogP contribution in [0.25, 0.3) is 0 Å². The van der Waals surface area contributed by atoms with Crippen molar-refractivity contribution in [2.45, 2.75) is 12.5 Å². The summed E-state index contributed by atoms with van der Waals surface area (Å²) in [6.07, 6.45) is 1.20. The molecule has 4 heteroatoms. The lowest BCUT2D eigenvalue weighted by Gasteiger charge is -2.18. The van der Waals surface area contributed by atoms with Gasteiger partial charge < -0.3 is 9.47 Å². The molecular weight excluding hydrogens is 303 g/mol. The molecule has 2 atom stereocenters. The van der Waals surface area contributed by atoms with Crippen LogP contribution in [-0.2, 0) is 9.47 Å². The van der Waals surface area contributed by atoms with Gasteiger partial charge in [-0.05, 0) is 24.1 Å². The predicted molar refractivity (Wildman–Crippen MR) is 72.9 cm³/mol. The van der Waals surface area contributed by atoms with Gasteiger partial charge in [0.25, 0.3) is 0 Å². The molecule has 1 fully saturated rings. The summed E-state index contributed by atoms with van der Waals surface area (Å²) in [7, 11) is 0. The van der Waals surface area contributed by atoms with E-state index in [9.17, 15) is 0 Å². The molecule has 0 bridgehead atoms. The summed E-state index contributed by atoms with van der Waals surface area (Å²) in [5, 5.41) is 1.55. The molecule has 0 aliphatic carbocycles. The Morgan fingerprint density at radius 1 is 1.41 bits per heavy atom. The van der Waals surface area contributed by atoms with Gasteiger partial charge >= 0.3 is 0 Å². The summed E-state index contributed by atoms with van der Waals surface area (Å²) in [5.41, 5.74) is 1.16. The number of ether oxygens (including phenoxy) is 2. The van der Waals surface area contributed by atoms with Crippen LogP contribution in [0.3, 0.4) is 0 Å². The second kappa shape index (κ2) is 6.74. The maximum atomic E-state index is 5.93. The third kappa shape index (κ3) is 3.95. The van der Waals surface area contributed by atoms with E-state index in [-0.39, 0.29) is 6.10 Å².